The van der Waals surface area contributed by atoms with Crippen molar-refractivity contribution in [1.29, 1.82) is 0 Å². The van der Waals surface area contributed by atoms with Crippen LogP contribution < -0.4 is 0 Å². The van der Waals surface area contributed by atoms with Crippen molar-refractivity contribution in [3.8, 4) is 0 Å². The Kier molecular flexibility index (Phi) is 5.07. The van der Waals surface area contributed by atoms with Crippen molar-refractivity contribution in [3.63, 3.8) is 0 Å². The van der Waals surface area contributed by atoms with Crippen LogP contribution in [0.1, 0.15) is 19.3 Å². The molecule has 0 fully saturated rings. The van der Waals surface area contributed by atoms with Crippen LogP contribution in [0, 0.1) is 5.92 Å². The highest BCUT2D eigenvalue weighted by Gasteiger charge is 2.60. The summed E-state index contributed by atoms with van der Waals surface area (Å²) in [6.07, 6.45) is -20.6. The van der Waals surface area contributed by atoms with Crippen molar-refractivity contribution in [2.24, 2.45) is 5.92 Å². The Morgan fingerprint density at radius 3 is 1.50 bits per heavy atom. The van der Waals surface area contributed by atoms with Crippen molar-refractivity contribution >= 4 is 5.78 Å². The fourth-order valence-electron chi connectivity index (χ4n) is 1.16. The predicted octanol–water partition coefficient (Wildman–Crippen LogP) is 4.03. The first-order valence-corrected chi connectivity index (χ1v) is 4.48. The third kappa shape index (κ3) is 6.10. The van der Waals surface area contributed by atoms with E-state index in [2.05, 4.69) is 0 Å². The summed E-state index contributed by atoms with van der Waals surface area (Å²) in [5.41, 5.74) is 0. The monoisotopic (exact) mass is 290 g/mol. The van der Waals surface area contributed by atoms with Crippen LogP contribution in [0.15, 0.2) is 0 Å². The Hall–Kier alpha value is -0.960. The molecule has 0 aromatic carbocycles. The lowest BCUT2D eigenvalue weighted by Crippen LogP contribution is -2.42. The second-order valence-electron chi connectivity index (χ2n) is 3.45. The Labute approximate surface area is 94.9 Å². The minimum absolute atomic E-state index is 1.11. The number of carbonyl (C=O) groups excluding carboxylic acids is 1. The molecule has 0 amide bonds. The van der Waals surface area contributed by atoms with Gasteiger partial charge in [0.25, 0.3) is 0 Å². The van der Waals surface area contributed by atoms with Crippen LogP contribution >= 0.6 is 0 Å². The van der Waals surface area contributed by atoms with E-state index in [1.54, 1.807) is 0 Å². The van der Waals surface area contributed by atoms with E-state index < -0.39 is 49.5 Å². The molecule has 0 heterocycles. The van der Waals surface area contributed by atoms with E-state index in [4.69, 9.17) is 0 Å². The van der Waals surface area contributed by atoms with Crippen LogP contribution in [0.2, 0.25) is 0 Å². The zero-order chi connectivity index (χ0) is 14.8. The van der Waals surface area contributed by atoms with Gasteiger partial charge in [0.05, 0.1) is 0 Å². The number of alkyl halides is 9. The lowest BCUT2D eigenvalue weighted by atomic mass is 9.98. The maximum Gasteiger partial charge on any atom is 0.407 e. The van der Waals surface area contributed by atoms with Gasteiger partial charge in [-0.3, -0.25) is 4.79 Å². The van der Waals surface area contributed by atoms with Gasteiger partial charge in [-0.05, 0) is 6.42 Å². The summed E-state index contributed by atoms with van der Waals surface area (Å²) < 4.78 is 107. The topological polar surface area (TPSA) is 17.1 Å². The van der Waals surface area contributed by atoms with E-state index in [-0.39, 0.29) is 0 Å². The molecule has 0 atom stereocenters. The Bertz CT molecular complexity index is 270. The van der Waals surface area contributed by atoms with Gasteiger partial charge in [0.2, 0.25) is 5.92 Å². The highest BCUT2D eigenvalue weighted by Crippen LogP contribution is 2.40. The average molecular weight is 290 g/mol. The third-order valence-corrected chi connectivity index (χ3v) is 1.86. The lowest BCUT2D eigenvalue weighted by Gasteiger charge is -2.21. The fourth-order valence-corrected chi connectivity index (χ4v) is 1.16. The molecule has 0 aliphatic rings. The SMILES string of the molecule is O=C(CCCC(F)(F)F)C(C(F)(F)F)C(F)(F)F. The molecule has 0 spiro atoms. The van der Waals surface area contributed by atoms with E-state index in [1.807, 2.05) is 0 Å². The molecule has 0 saturated heterocycles. The summed E-state index contributed by atoms with van der Waals surface area (Å²) in [6, 6.07) is 0. The Balaban J connectivity index is 4.62. The molecular weight excluding hydrogens is 283 g/mol. The highest BCUT2D eigenvalue weighted by molar-refractivity contribution is 5.82. The molecule has 0 saturated carbocycles. The first kappa shape index (κ1) is 17.0. The highest BCUT2D eigenvalue weighted by atomic mass is 19.4. The number of hydrogen-bond acceptors (Lipinski definition) is 1. The minimum Gasteiger partial charge on any atom is -0.299 e. The van der Waals surface area contributed by atoms with E-state index in [0.29, 0.717) is 0 Å². The van der Waals surface area contributed by atoms with Crippen molar-refractivity contribution in [2.75, 3.05) is 0 Å². The average Bonchev–Trinajstić information content (AvgIpc) is 1.93. The summed E-state index contributed by atoms with van der Waals surface area (Å²) >= 11 is 0. The summed E-state index contributed by atoms with van der Waals surface area (Å²) in [5.74, 6) is -6.53. The van der Waals surface area contributed by atoms with Gasteiger partial charge in [0, 0.05) is 12.8 Å². The first-order valence-electron chi connectivity index (χ1n) is 4.48. The second kappa shape index (κ2) is 5.35. The molecule has 0 radical (unpaired) electrons. The smallest absolute Gasteiger partial charge is 0.299 e. The van der Waals surface area contributed by atoms with Gasteiger partial charge in [-0.15, -0.1) is 0 Å². The molecule has 0 bridgehead atoms. The Morgan fingerprint density at radius 1 is 0.833 bits per heavy atom. The summed E-state index contributed by atoms with van der Waals surface area (Å²) in [4.78, 5) is 10.7. The summed E-state index contributed by atoms with van der Waals surface area (Å²) in [7, 11) is 0. The van der Waals surface area contributed by atoms with Gasteiger partial charge < -0.3 is 0 Å². The zero-order valence-corrected chi connectivity index (χ0v) is 8.51. The van der Waals surface area contributed by atoms with E-state index >= 15 is 0 Å². The number of halogens is 9. The van der Waals surface area contributed by atoms with E-state index in [1.165, 1.54) is 0 Å². The van der Waals surface area contributed by atoms with Crippen LogP contribution in [0.4, 0.5) is 39.5 Å². The standard InChI is InChI=1S/C8H7F9O/c9-6(10,11)3-1-2-4(18)5(7(12,13)14)8(15,16)17/h5H,1-3H2. The molecule has 18 heavy (non-hydrogen) atoms. The molecule has 108 valence electrons. The molecule has 0 aromatic heterocycles. The van der Waals surface area contributed by atoms with Crippen LogP contribution in [-0.2, 0) is 4.79 Å². The van der Waals surface area contributed by atoms with Crippen molar-refractivity contribution < 1.29 is 44.3 Å². The van der Waals surface area contributed by atoms with Crippen LogP contribution in [-0.4, -0.2) is 24.3 Å². The molecule has 10 heteroatoms. The largest absolute Gasteiger partial charge is 0.407 e. The zero-order valence-electron chi connectivity index (χ0n) is 8.51. The molecule has 0 aliphatic carbocycles. The fraction of sp³-hybridized carbons (Fsp3) is 0.875. The van der Waals surface area contributed by atoms with Crippen LogP contribution in [0.25, 0.3) is 0 Å². The maximum atomic E-state index is 12.0. The Morgan fingerprint density at radius 2 is 1.22 bits per heavy atom. The van der Waals surface area contributed by atoms with E-state index in [0.717, 1.165) is 0 Å². The number of carbonyl (C=O) groups is 1. The van der Waals surface area contributed by atoms with Gasteiger partial charge in [-0.1, -0.05) is 0 Å². The molecular formula is C8H7F9O. The molecule has 0 N–H and O–H groups in total. The number of Topliss-reactive ketones (excluding diaryl/α,β-unsaturated/α-hetero) is 1. The molecule has 0 rings (SSSR count). The molecule has 1 nitrogen and oxygen atoms in total. The number of ketones is 1. The molecule has 0 unspecified atom stereocenters. The van der Waals surface area contributed by atoms with Crippen molar-refractivity contribution in [1.82, 2.24) is 0 Å². The number of rotatable bonds is 4. The minimum atomic E-state index is -5.85. The predicted molar refractivity (Wildman–Crippen MR) is 40.5 cm³/mol. The molecule has 0 aromatic rings. The quantitative estimate of drug-likeness (QED) is 0.714. The number of hydrogen-bond donors (Lipinski definition) is 0. The first-order chi connectivity index (χ1) is 7.75. The van der Waals surface area contributed by atoms with Gasteiger partial charge in [-0.2, -0.15) is 39.5 Å². The van der Waals surface area contributed by atoms with Gasteiger partial charge in [0.1, 0.15) is 0 Å². The maximum absolute atomic E-state index is 12.0. The van der Waals surface area contributed by atoms with Gasteiger partial charge >= 0.3 is 18.5 Å². The summed E-state index contributed by atoms with van der Waals surface area (Å²) in [6.45, 7) is 0. The van der Waals surface area contributed by atoms with Crippen molar-refractivity contribution in [3.05, 3.63) is 0 Å². The molecule has 0 aliphatic heterocycles. The normalized spacial score (nSPS) is 14.1. The summed E-state index contributed by atoms with van der Waals surface area (Å²) in [5, 5.41) is 0. The second-order valence-corrected chi connectivity index (χ2v) is 3.45. The van der Waals surface area contributed by atoms with E-state index in [9.17, 15) is 44.3 Å². The van der Waals surface area contributed by atoms with Crippen molar-refractivity contribution in [2.45, 2.75) is 37.8 Å². The van der Waals surface area contributed by atoms with Gasteiger partial charge in [-0.25, -0.2) is 0 Å². The third-order valence-electron chi connectivity index (χ3n) is 1.86. The van der Waals surface area contributed by atoms with Crippen LogP contribution in [0.3, 0.4) is 0 Å². The van der Waals surface area contributed by atoms with Gasteiger partial charge in [0.15, 0.2) is 5.78 Å². The lowest BCUT2D eigenvalue weighted by molar-refractivity contribution is -0.273. The van der Waals surface area contributed by atoms with Crippen LogP contribution in [0.5, 0.6) is 0 Å².